The maximum atomic E-state index is 13.0. The molecular weight excluding hydrogens is 480 g/mol. The van der Waals surface area contributed by atoms with Gasteiger partial charge in [-0.3, -0.25) is 4.72 Å². The summed E-state index contributed by atoms with van der Waals surface area (Å²) in [7, 11) is -2.37. The molecule has 31 heavy (non-hydrogen) atoms. The maximum absolute atomic E-state index is 13.0. The number of hydrogen-bond donors (Lipinski definition) is 2. The van der Waals surface area contributed by atoms with Gasteiger partial charge in [0.05, 0.1) is 23.0 Å². The number of para-hydroxylation sites is 2. The first-order valence-electron chi connectivity index (χ1n) is 9.32. The molecule has 0 aliphatic heterocycles. The lowest BCUT2D eigenvalue weighted by Crippen LogP contribution is -2.16. The average Bonchev–Trinajstić information content (AvgIpc) is 2.76. The summed E-state index contributed by atoms with van der Waals surface area (Å²) < 4.78 is 34.6. The van der Waals surface area contributed by atoms with Crippen molar-refractivity contribution in [1.82, 2.24) is 9.97 Å². The van der Waals surface area contributed by atoms with Crippen LogP contribution in [-0.2, 0) is 10.0 Å². The zero-order valence-corrected chi connectivity index (χ0v) is 19.2. The molecule has 0 spiro atoms. The second-order valence-electron chi connectivity index (χ2n) is 6.78. The Bertz CT molecular complexity index is 1360. The van der Waals surface area contributed by atoms with Gasteiger partial charge < -0.3 is 10.1 Å². The van der Waals surface area contributed by atoms with Crippen molar-refractivity contribution in [3.63, 3.8) is 0 Å². The number of aryl methyl sites for hydroxylation is 1. The topological polar surface area (TPSA) is 93.2 Å². The standard InChI is InChI=1S/C22H19BrN4O3S/c1-14-13-15(7-12-18(14)23)24-21-22(26-20-6-4-3-5-19(20)25-21)27-31(28,29)17-10-8-16(30-2)9-11-17/h3-13H,1-2H3,(H,24,25)(H,26,27). The molecule has 2 N–H and O–H groups in total. The van der Waals surface area contributed by atoms with E-state index in [1.807, 2.05) is 43.3 Å². The highest BCUT2D eigenvalue weighted by Crippen LogP contribution is 2.29. The van der Waals surface area contributed by atoms with Gasteiger partial charge in [-0.05, 0) is 67.1 Å². The van der Waals surface area contributed by atoms with Crippen molar-refractivity contribution in [1.29, 1.82) is 0 Å². The van der Waals surface area contributed by atoms with E-state index in [1.165, 1.54) is 19.2 Å². The number of anilines is 3. The third-order valence-corrected chi connectivity index (χ3v) is 6.84. The highest BCUT2D eigenvalue weighted by atomic mass is 79.9. The Labute approximate surface area is 188 Å². The molecule has 0 amide bonds. The molecule has 3 aromatic carbocycles. The first-order valence-corrected chi connectivity index (χ1v) is 11.6. The van der Waals surface area contributed by atoms with E-state index in [-0.39, 0.29) is 10.7 Å². The molecule has 4 rings (SSSR count). The zero-order chi connectivity index (χ0) is 22.0. The van der Waals surface area contributed by atoms with E-state index in [9.17, 15) is 8.42 Å². The molecule has 9 heteroatoms. The Morgan fingerprint density at radius 3 is 2.16 bits per heavy atom. The molecular formula is C22H19BrN4O3S. The van der Waals surface area contributed by atoms with Crippen LogP contribution in [0.5, 0.6) is 5.75 Å². The van der Waals surface area contributed by atoms with E-state index in [0.29, 0.717) is 22.6 Å². The lowest BCUT2D eigenvalue weighted by Gasteiger charge is -2.14. The fourth-order valence-corrected chi connectivity index (χ4v) is 4.21. The summed E-state index contributed by atoms with van der Waals surface area (Å²) in [5, 5.41) is 3.18. The van der Waals surface area contributed by atoms with Gasteiger partial charge in [-0.25, -0.2) is 18.4 Å². The third kappa shape index (κ3) is 4.62. The van der Waals surface area contributed by atoms with Crippen molar-refractivity contribution in [3.8, 4) is 5.75 Å². The predicted octanol–water partition coefficient (Wildman–Crippen LogP) is 5.25. The molecule has 7 nitrogen and oxygen atoms in total. The minimum absolute atomic E-state index is 0.0914. The number of sulfonamides is 1. The molecule has 158 valence electrons. The molecule has 0 unspecified atom stereocenters. The van der Waals surface area contributed by atoms with Crippen molar-refractivity contribution < 1.29 is 13.2 Å². The van der Waals surface area contributed by atoms with Crippen molar-refractivity contribution >= 4 is 54.3 Å². The number of hydrogen-bond acceptors (Lipinski definition) is 6. The second-order valence-corrected chi connectivity index (χ2v) is 9.32. The Morgan fingerprint density at radius 2 is 1.55 bits per heavy atom. The van der Waals surface area contributed by atoms with Crippen LogP contribution < -0.4 is 14.8 Å². The molecule has 0 saturated heterocycles. The molecule has 0 radical (unpaired) electrons. The summed E-state index contributed by atoms with van der Waals surface area (Å²) in [5.41, 5.74) is 3.01. The second kappa shape index (κ2) is 8.52. The average molecular weight is 499 g/mol. The number of nitrogens with one attached hydrogen (secondary N) is 2. The number of halogens is 1. The van der Waals surface area contributed by atoms with Crippen molar-refractivity contribution in [3.05, 3.63) is 76.8 Å². The Kier molecular flexibility index (Phi) is 5.79. The fraction of sp³-hybridized carbons (Fsp3) is 0.0909. The van der Waals surface area contributed by atoms with Gasteiger partial charge in [-0.2, -0.15) is 0 Å². The largest absolute Gasteiger partial charge is 0.497 e. The van der Waals surface area contributed by atoms with Crippen LogP contribution in [0.3, 0.4) is 0 Å². The maximum Gasteiger partial charge on any atom is 0.263 e. The molecule has 0 fully saturated rings. The summed E-state index contributed by atoms with van der Waals surface area (Å²) in [6.07, 6.45) is 0. The highest BCUT2D eigenvalue weighted by molar-refractivity contribution is 9.10. The number of benzene rings is 3. The Balaban J connectivity index is 1.75. The van der Waals surface area contributed by atoms with Gasteiger partial charge in [-0.15, -0.1) is 0 Å². The SMILES string of the molecule is COc1ccc(S(=O)(=O)Nc2nc3ccccc3nc2Nc2ccc(Br)c(C)c2)cc1. The molecule has 0 aliphatic carbocycles. The van der Waals surface area contributed by atoms with E-state index in [2.05, 4.69) is 35.9 Å². The molecule has 0 aliphatic rings. The number of fused-ring (bicyclic) bond motifs is 1. The van der Waals surface area contributed by atoms with Gasteiger partial charge in [0.25, 0.3) is 10.0 Å². The van der Waals surface area contributed by atoms with Crippen LogP contribution >= 0.6 is 15.9 Å². The summed E-state index contributed by atoms with van der Waals surface area (Å²) in [4.78, 5) is 9.19. The van der Waals surface area contributed by atoms with Crippen LogP contribution in [0.15, 0.2) is 76.1 Å². The minimum atomic E-state index is -3.89. The van der Waals surface area contributed by atoms with Crippen LogP contribution in [0, 0.1) is 6.92 Å². The number of methoxy groups -OCH3 is 1. The van der Waals surface area contributed by atoms with E-state index in [1.54, 1.807) is 18.2 Å². The number of nitrogens with zero attached hydrogens (tertiary/aromatic N) is 2. The smallest absolute Gasteiger partial charge is 0.263 e. The van der Waals surface area contributed by atoms with Crippen molar-refractivity contribution in [2.75, 3.05) is 17.1 Å². The summed E-state index contributed by atoms with van der Waals surface area (Å²) in [5.74, 6) is 0.977. The van der Waals surface area contributed by atoms with Crippen LogP contribution in [0.1, 0.15) is 5.56 Å². The highest BCUT2D eigenvalue weighted by Gasteiger charge is 2.19. The minimum Gasteiger partial charge on any atom is -0.497 e. The zero-order valence-electron chi connectivity index (χ0n) is 16.8. The van der Waals surface area contributed by atoms with E-state index in [4.69, 9.17) is 4.74 Å². The van der Waals surface area contributed by atoms with Gasteiger partial charge in [0.15, 0.2) is 11.6 Å². The monoisotopic (exact) mass is 498 g/mol. The number of ether oxygens (including phenoxy) is 1. The van der Waals surface area contributed by atoms with E-state index < -0.39 is 10.0 Å². The summed E-state index contributed by atoms with van der Waals surface area (Å²) in [6, 6.07) is 19.1. The van der Waals surface area contributed by atoms with Gasteiger partial charge in [0, 0.05) is 10.2 Å². The Hall–Kier alpha value is -3.17. The summed E-state index contributed by atoms with van der Waals surface area (Å²) in [6.45, 7) is 1.97. The molecule has 0 bridgehead atoms. The van der Waals surface area contributed by atoms with Gasteiger partial charge in [0.2, 0.25) is 0 Å². The number of rotatable bonds is 6. The van der Waals surface area contributed by atoms with Gasteiger partial charge >= 0.3 is 0 Å². The van der Waals surface area contributed by atoms with Gasteiger partial charge in [-0.1, -0.05) is 28.1 Å². The van der Waals surface area contributed by atoms with Crippen LogP contribution in [-0.4, -0.2) is 25.5 Å². The Morgan fingerprint density at radius 1 is 0.903 bits per heavy atom. The fourth-order valence-electron chi connectivity index (χ4n) is 2.96. The van der Waals surface area contributed by atoms with Crippen LogP contribution in [0.2, 0.25) is 0 Å². The van der Waals surface area contributed by atoms with E-state index >= 15 is 0 Å². The number of aromatic nitrogens is 2. The van der Waals surface area contributed by atoms with Crippen LogP contribution in [0.4, 0.5) is 17.3 Å². The van der Waals surface area contributed by atoms with Crippen LogP contribution in [0.25, 0.3) is 11.0 Å². The van der Waals surface area contributed by atoms with E-state index in [0.717, 1.165) is 15.7 Å². The predicted molar refractivity (Wildman–Crippen MR) is 126 cm³/mol. The third-order valence-electron chi connectivity index (χ3n) is 4.59. The van der Waals surface area contributed by atoms with Crippen molar-refractivity contribution in [2.45, 2.75) is 11.8 Å². The molecule has 1 aromatic heterocycles. The summed E-state index contributed by atoms with van der Waals surface area (Å²) >= 11 is 3.48. The first-order chi connectivity index (χ1) is 14.9. The quantitative estimate of drug-likeness (QED) is 0.376. The first kappa shape index (κ1) is 21.1. The lowest BCUT2D eigenvalue weighted by atomic mass is 10.2. The normalized spacial score (nSPS) is 11.3. The lowest BCUT2D eigenvalue weighted by molar-refractivity contribution is 0.414. The molecule has 0 saturated carbocycles. The molecule has 1 heterocycles. The molecule has 0 atom stereocenters. The molecule has 4 aromatic rings. The van der Waals surface area contributed by atoms with Gasteiger partial charge in [0.1, 0.15) is 5.75 Å². The van der Waals surface area contributed by atoms with Crippen molar-refractivity contribution in [2.24, 2.45) is 0 Å².